The Morgan fingerprint density at radius 2 is 1.86 bits per heavy atom. The van der Waals surface area contributed by atoms with E-state index in [0.29, 0.717) is 25.3 Å². The van der Waals surface area contributed by atoms with E-state index < -0.39 is 0 Å². The minimum Gasteiger partial charge on any atom is -0.490 e. The lowest BCUT2D eigenvalue weighted by Crippen LogP contribution is -2.28. The molecule has 0 unspecified atom stereocenters. The lowest BCUT2D eigenvalue weighted by molar-refractivity contribution is 0.0955. The molecule has 2 N–H and O–H groups in total. The van der Waals surface area contributed by atoms with Gasteiger partial charge in [-0.3, -0.25) is 9.78 Å². The van der Waals surface area contributed by atoms with Gasteiger partial charge in [0, 0.05) is 31.0 Å². The van der Waals surface area contributed by atoms with Crippen molar-refractivity contribution in [1.82, 2.24) is 10.3 Å². The Bertz CT molecular complexity index is 808. The van der Waals surface area contributed by atoms with Crippen LogP contribution in [0.5, 0.6) is 5.75 Å². The van der Waals surface area contributed by atoms with E-state index in [4.69, 9.17) is 4.74 Å². The van der Waals surface area contributed by atoms with Crippen molar-refractivity contribution in [3.8, 4) is 5.75 Å². The van der Waals surface area contributed by atoms with Crippen LogP contribution >= 0.6 is 0 Å². The third-order valence-electron chi connectivity index (χ3n) is 4.29. The summed E-state index contributed by atoms with van der Waals surface area (Å²) in [5, 5.41) is 6.10. The Morgan fingerprint density at radius 3 is 2.55 bits per heavy atom. The van der Waals surface area contributed by atoms with Crippen LogP contribution in [0.2, 0.25) is 0 Å². The number of hydrogen-bond donors (Lipinski definition) is 2. The number of rotatable bonds is 11. The minimum absolute atomic E-state index is 0.0976. The highest BCUT2D eigenvalue weighted by Gasteiger charge is 2.05. The van der Waals surface area contributed by atoms with Crippen molar-refractivity contribution in [1.29, 1.82) is 0 Å². The first-order valence-corrected chi connectivity index (χ1v) is 9.98. The van der Waals surface area contributed by atoms with Gasteiger partial charge in [0.05, 0.1) is 5.69 Å². The molecule has 0 saturated carbocycles. The number of benzene rings is 1. The molecule has 0 spiro atoms. The molecule has 154 valence electrons. The summed E-state index contributed by atoms with van der Waals surface area (Å²) in [5.41, 5.74) is 4.22. The van der Waals surface area contributed by atoms with Gasteiger partial charge >= 0.3 is 0 Å². The second-order valence-corrected chi connectivity index (χ2v) is 7.13. The van der Waals surface area contributed by atoms with Gasteiger partial charge in [0.15, 0.2) is 0 Å². The molecule has 1 heterocycles. The van der Waals surface area contributed by atoms with Crippen LogP contribution in [0.4, 0.5) is 5.69 Å². The van der Waals surface area contributed by atoms with Gasteiger partial charge in [-0.05, 0) is 76.1 Å². The van der Waals surface area contributed by atoms with Gasteiger partial charge in [-0.2, -0.15) is 0 Å². The van der Waals surface area contributed by atoms with Crippen molar-refractivity contribution < 1.29 is 9.53 Å². The molecule has 1 aromatic carbocycles. The van der Waals surface area contributed by atoms with Crippen molar-refractivity contribution >= 4 is 11.6 Å². The fourth-order valence-corrected chi connectivity index (χ4v) is 2.63. The number of anilines is 1. The van der Waals surface area contributed by atoms with Crippen LogP contribution in [-0.2, 0) is 0 Å². The fraction of sp³-hybridized carbons (Fsp3) is 0.333. The van der Waals surface area contributed by atoms with Crippen molar-refractivity contribution in [2.75, 3.05) is 25.0 Å². The van der Waals surface area contributed by atoms with Crippen molar-refractivity contribution in [3.05, 3.63) is 77.7 Å². The number of hydrogen-bond acceptors (Lipinski definition) is 4. The molecule has 0 bridgehead atoms. The molecule has 0 aliphatic heterocycles. The van der Waals surface area contributed by atoms with E-state index in [2.05, 4.69) is 48.5 Å². The van der Waals surface area contributed by atoms with Crippen LogP contribution in [0, 0.1) is 0 Å². The SMILES string of the molecule is CC(C)=CCCC(C)=CCOc1ccc(C(=O)NCCNc2cccnc2)cc1. The predicted molar refractivity (Wildman–Crippen MR) is 119 cm³/mol. The normalized spacial score (nSPS) is 10.9. The average molecular weight is 394 g/mol. The summed E-state index contributed by atoms with van der Waals surface area (Å²) < 4.78 is 5.75. The largest absolute Gasteiger partial charge is 0.490 e. The van der Waals surface area contributed by atoms with Crippen LogP contribution in [0.1, 0.15) is 44.0 Å². The zero-order chi connectivity index (χ0) is 20.9. The lowest BCUT2D eigenvalue weighted by atomic mass is 10.1. The zero-order valence-electron chi connectivity index (χ0n) is 17.6. The molecule has 5 heteroatoms. The van der Waals surface area contributed by atoms with Gasteiger partial charge in [-0.25, -0.2) is 0 Å². The number of amides is 1. The maximum Gasteiger partial charge on any atom is 0.251 e. The number of ether oxygens (including phenoxy) is 1. The summed E-state index contributed by atoms with van der Waals surface area (Å²) >= 11 is 0. The van der Waals surface area contributed by atoms with E-state index >= 15 is 0 Å². The van der Waals surface area contributed by atoms with E-state index in [0.717, 1.165) is 24.3 Å². The Labute approximate surface area is 173 Å². The molecule has 0 aliphatic carbocycles. The Kier molecular flexibility index (Phi) is 9.49. The van der Waals surface area contributed by atoms with Gasteiger partial charge in [-0.1, -0.05) is 17.2 Å². The predicted octanol–water partition coefficient (Wildman–Crippen LogP) is 5.00. The average Bonchev–Trinajstić information content (AvgIpc) is 2.72. The lowest BCUT2D eigenvalue weighted by Gasteiger charge is -2.09. The minimum atomic E-state index is -0.0976. The van der Waals surface area contributed by atoms with E-state index in [-0.39, 0.29) is 5.91 Å². The monoisotopic (exact) mass is 393 g/mol. The highest BCUT2D eigenvalue weighted by molar-refractivity contribution is 5.94. The van der Waals surface area contributed by atoms with Gasteiger partial charge in [0.2, 0.25) is 0 Å². The molecule has 0 radical (unpaired) electrons. The number of pyridine rings is 1. The number of nitrogens with one attached hydrogen (secondary N) is 2. The van der Waals surface area contributed by atoms with E-state index in [1.54, 1.807) is 24.5 Å². The first-order valence-electron chi connectivity index (χ1n) is 9.98. The van der Waals surface area contributed by atoms with Crippen molar-refractivity contribution in [3.63, 3.8) is 0 Å². The van der Waals surface area contributed by atoms with Crippen LogP contribution in [0.15, 0.2) is 72.1 Å². The highest BCUT2D eigenvalue weighted by Crippen LogP contribution is 2.13. The fourth-order valence-electron chi connectivity index (χ4n) is 2.63. The van der Waals surface area contributed by atoms with E-state index in [1.807, 2.05) is 24.3 Å². The number of aromatic nitrogens is 1. The molecule has 5 nitrogen and oxygen atoms in total. The number of nitrogens with zero attached hydrogens (tertiary/aromatic N) is 1. The molecule has 0 aliphatic rings. The quantitative estimate of drug-likeness (QED) is 0.417. The maximum absolute atomic E-state index is 12.2. The third kappa shape index (κ3) is 9.10. The molecule has 0 fully saturated rings. The van der Waals surface area contributed by atoms with Crippen LogP contribution < -0.4 is 15.4 Å². The second-order valence-electron chi connectivity index (χ2n) is 7.13. The summed E-state index contributed by atoms with van der Waals surface area (Å²) in [6, 6.07) is 11.0. The number of carbonyl (C=O) groups is 1. The van der Waals surface area contributed by atoms with Crippen molar-refractivity contribution in [2.24, 2.45) is 0 Å². The maximum atomic E-state index is 12.2. The van der Waals surface area contributed by atoms with E-state index in [1.165, 1.54) is 11.1 Å². The zero-order valence-corrected chi connectivity index (χ0v) is 17.6. The van der Waals surface area contributed by atoms with Crippen LogP contribution in [0.3, 0.4) is 0 Å². The molecule has 0 saturated heterocycles. The molecule has 2 rings (SSSR count). The number of allylic oxidation sites excluding steroid dienone is 3. The molecular weight excluding hydrogens is 362 g/mol. The topological polar surface area (TPSA) is 63.2 Å². The molecule has 1 aromatic heterocycles. The highest BCUT2D eigenvalue weighted by atomic mass is 16.5. The summed E-state index contributed by atoms with van der Waals surface area (Å²) in [7, 11) is 0. The smallest absolute Gasteiger partial charge is 0.251 e. The first kappa shape index (κ1) is 22.2. The van der Waals surface area contributed by atoms with E-state index in [9.17, 15) is 4.79 Å². The Morgan fingerprint density at radius 1 is 1.07 bits per heavy atom. The second kappa shape index (κ2) is 12.4. The molecule has 0 atom stereocenters. The van der Waals surface area contributed by atoms with Crippen LogP contribution in [-0.4, -0.2) is 30.6 Å². The van der Waals surface area contributed by atoms with Gasteiger partial charge < -0.3 is 15.4 Å². The van der Waals surface area contributed by atoms with Crippen LogP contribution in [0.25, 0.3) is 0 Å². The summed E-state index contributed by atoms with van der Waals surface area (Å²) in [6.45, 7) is 8.06. The summed E-state index contributed by atoms with van der Waals surface area (Å²) in [5.74, 6) is 0.660. The summed E-state index contributed by atoms with van der Waals surface area (Å²) in [4.78, 5) is 16.2. The first-order chi connectivity index (χ1) is 14.0. The Balaban J connectivity index is 1.69. The molecule has 29 heavy (non-hydrogen) atoms. The standard InChI is InChI=1S/C24H31N3O2/c1-19(2)6-4-7-20(3)13-17-29-23-11-9-21(10-12-23)24(28)27-16-15-26-22-8-5-14-25-18-22/h5-6,8-14,18,26H,4,7,15-17H2,1-3H3,(H,27,28). The summed E-state index contributed by atoms with van der Waals surface area (Å²) in [6.07, 6.45) is 9.94. The Hall–Kier alpha value is -3.08. The van der Waals surface area contributed by atoms with Crippen molar-refractivity contribution in [2.45, 2.75) is 33.6 Å². The van der Waals surface area contributed by atoms with Gasteiger partial charge in [-0.15, -0.1) is 0 Å². The molecular formula is C24H31N3O2. The van der Waals surface area contributed by atoms with Gasteiger partial charge in [0.1, 0.15) is 12.4 Å². The number of carbonyl (C=O) groups excluding carboxylic acids is 1. The third-order valence-corrected chi connectivity index (χ3v) is 4.29. The molecule has 2 aromatic rings. The molecule has 1 amide bonds. The van der Waals surface area contributed by atoms with Gasteiger partial charge in [0.25, 0.3) is 5.91 Å².